The number of halogens is 2. The summed E-state index contributed by atoms with van der Waals surface area (Å²) in [5.74, 6) is 0.718. The van der Waals surface area contributed by atoms with E-state index in [1.807, 2.05) is 12.1 Å². The Morgan fingerprint density at radius 3 is 2.27 bits per heavy atom. The second-order valence-electron chi connectivity index (χ2n) is 6.22. The molecule has 3 rings (SSSR count). The number of benzene rings is 3. The molecule has 1 atom stereocenters. The molecule has 0 aromatic heterocycles. The third kappa shape index (κ3) is 6.11. The molecular weight excluding hydrogens is 519 g/mol. The van der Waals surface area contributed by atoms with Crippen molar-refractivity contribution >= 4 is 46.0 Å². The van der Waals surface area contributed by atoms with Crippen LogP contribution in [-0.4, -0.2) is 17.9 Å². The summed E-state index contributed by atoms with van der Waals surface area (Å²) in [5, 5.41) is 0.519. The topological polar surface area (TPSA) is 76.7 Å². The van der Waals surface area contributed by atoms with Gasteiger partial charge in [-0.3, -0.25) is 20.4 Å². The van der Waals surface area contributed by atoms with E-state index in [0.29, 0.717) is 27.8 Å². The third-order valence-corrected chi connectivity index (χ3v) is 4.93. The minimum absolute atomic E-state index is 0.410. The van der Waals surface area contributed by atoms with Crippen molar-refractivity contribution in [2.45, 2.75) is 13.0 Å². The van der Waals surface area contributed by atoms with Crippen molar-refractivity contribution in [3.63, 3.8) is 0 Å². The van der Waals surface area contributed by atoms with E-state index >= 15 is 0 Å². The fraction of sp³-hybridized carbons (Fsp3) is 0.0909. The van der Waals surface area contributed by atoms with Gasteiger partial charge in [0.05, 0.1) is 5.02 Å². The predicted octanol–water partition coefficient (Wildman–Crippen LogP) is 4.97. The summed E-state index contributed by atoms with van der Waals surface area (Å²) < 4.78 is 12.4. The first kappa shape index (κ1) is 21.9. The van der Waals surface area contributed by atoms with E-state index in [9.17, 15) is 9.59 Å². The lowest BCUT2D eigenvalue weighted by molar-refractivity contribution is -0.128. The monoisotopic (exact) mass is 536 g/mol. The number of carbonyl (C=O) groups excluding carboxylic acids is 2. The first-order chi connectivity index (χ1) is 14.4. The molecule has 0 aliphatic rings. The number of hydrazine groups is 1. The summed E-state index contributed by atoms with van der Waals surface area (Å²) >= 11 is 8.35. The standard InChI is InChI=1S/C22H18ClIN2O4/c1-14(21(27)25-26-22(28)15-5-3-2-4-6-15)29-17-8-10-18(11-9-17)30-20-12-7-16(24)13-19(20)23/h2-14H,1H3,(H,25,27)(H,26,28). The van der Waals surface area contributed by atoms with Gasteiger partial charge in [0.25, 0.3) is 11.8 Å². The molecule has 0 bridgehead atoms. The normalized spacial score (nSPS) is 11.3. The van der Waals surface area contributed by atoms with E-state index in [0.717, 1.165) is 3.57 Å². The zero-order valence-corrected chi connectivity index (χ0v) is 18.8. The number of amides is 2. The number of nitrogens with one attached hydrogen (secondary N) is 2. The van der Waals surface area contributed by atoms with Gasteiger partial charge >= 0.3 is 0 Å². The molecule has 2 N–H and O–H groups in total. The van der Waals surface area contributed by atoms with Crippen molar-refractivity contribution in [1.29, 1.82) is 0 Å². The first-order valence-corrected chi connectivity index (χ1v) is 10.4. The number of carbonyl (C=O) groups is 2. The molecule has 0 heterocycles. The van der Waals surface area contributed by atoms with Gasteiger partial charge in [0.2, 0.25) is 0 Å². The van der Waals surface area contributed by atoms with Crippen LogP contribution in [0.2, 0.25) is 5.02 Å². The zero-order chi connectivity index (χ0) is 21.5. The van der Waals surface area contributed by atoms with Crippen LogP contribution < -0.4 is 20.3 Å². The van der Waals surface area contributed by atoms with Crippen LogP contribution in [0.3, 0.4) is 0 Å². The van der Waals surface area contributed by atoms with Crippen LogP contribution >= 0.6 is 34.2 Å². The van der Waals surface area contributed by atoms with Gasteiger partial charge in [-0.05, 0) is 84.1 Å². The van der Waals surface area contributed by atoms with Gasteiger partial charge in [-0.1, -0.05) is 29.8 Å². The Morgan fingerprint density at radius 2 is 1.60 bits per heavy atom. The maximum absolute atomic E-state index is 12.2. The number of ether oxygens (including phenoxy) is 2. The molecule has 0 spiro atoms. The Morgan fingerprint density at radius 1 is 0.933 bits per heavy atom. The Balaban J connectivity index is 1.51. The summed E-state index contributed by atoms with van der Waals surface area (Å²) in [5.41, 5.74) is 5.15. The Bertz CT molecular complexity index is 1030. The SMILES string of the molecule is CC(Oc1ccc(Oc2ccc(I)cc2Cl)cc1)C(=O)NNC(=O)c1ccccc1. The van der Waals surface area contributed by atoms with E-state index in [1.54, 1.807) is 67.6 Å². The van der Waals surface area contributed by atoms with Crippen molar-refractivity contribution in [3.8, 4) is 17.2 Å². The van der Waals surface area contributed by atoms with E-state index in [-0.39, 0.29) is 0 Å². The molecule has 0 aliphatic heterocycles. The van der Waals surface area contributed by atoms with Gasteiger partial charge in [-0.15, -0.1) is 0 Å². The molecule has 0 saturated heterocycles. The van der Waals surface area contributed by atoms with E-state index < -0.39 is 17.9 Å². The van der Waals surface area contributed by atoms with Crippen LogP contribution in [0.5, 0.6) is 17.2 Å². The molecule has 0 saturated carbocycles. The molecule has 0 fully saturated rings. The summed E-state index contributed by atoms with van der Waals surface area (Å²) in [6.07, 6.45) is -0.821. The van der Waals surface area contributed by atoms with Crippen molar-refractivity contribution in [1.82, 2.24) is 10.9 Å². The van der Waals surface area contributed by atoms with Crippen molar-refractivity contribution in [2.75, 3.05) is 0 Å². The summed E-state index contributed by atoms with van der Waals surface area (Å²) in [4.78, 5) is 24.1. The van der Waals surface area contributed by atoms with Crippen LogP contribution in [0, 0.1) is 3.57 Å². The second kappa shape index (κ2) is 10.3. The maximum atomic E-state index is 12.2. The van der Waals surface area contributed by atoms with Crippen molar-refractivity contribution in [2.24, 2.45) is 0 Å². The number of hydrogen-bond acceptors (Lipinski definition) is 4. The van der Waals surface area contributed by atoms with Crippen LogP contribution in [0.1, 0.15) is 17.3 Å². The highest BCUT2D eigenvalue weighted by atomic mass is 127. The lowest BCUT2D eigenvalue weighted by Crippen LogP contribution is -2.47. The maximum Gasteiger partial charge on any atom is 0.279 e. The minimum Gasteiger partial charge on any atom is -0.481 e. The van der Waals surface area contributed by atoms with E-state index in [2.05, 4.69) is 33.4 Å². The lowest BCUT2D eigenvalue weighted by Gasteiger charge is -2.15. The second-order valence-corrected chi connectivity index (χ2v) is 7.87. The van der Waals surface area contributed by atoms with Crippen LogP contribution in [-0.2, 0) is 4.79 Å². The fourth-order valence-electron chi connectivity index (χ4n) is 2.41. The smallest absolute Gasteiger partial charge is 0.279 e. The fourth-order valence-corrected chi connectivity index (χ4v) is 3.30. The highest BCUT2D eigenvalue weighted by Gasteiger charge is 2.16. The van der Waals surface area contributed by atoms with E-state index in [4.69, 9.17) is 21.1 Å². The Labute approximate surface area is 192 Å². The van der Waals surface area contributed by atoms with Gasteiger partial charge in [-0.2, -0.15) is 0 Å². The largest absolute Gasteiger partial charge is 0.481 e. The van der Waals surface area contributed by atoms with Crippen molar-refractivity contribution < 1.29 is 19.1 Å². The quantitative estimate of drug-likeness (QED) is 0.345. The van der Waals surface area contributed by atoms with Crippen LogP contribution in [0.25, 0.3) is 0 Å². The average Bonchev–Trinajstić information content (AvgIpc) is 2.75. The molecule has 3 aromatic rings. The predicted molar refractivity (Wildman–Crippen MR) is 123 cm³/mol. The zero-order valence-electron chi connectivity index (χ0n) is 15.9. The molecule has 154 valence electrons. The highest BCUT2D eigenvalue weighted by molar-refractivity contribution is 14.1. The summed E-state index contributed by atoms with van der Waals surface area (Å²) in [7, 11) is 0. The van der Waals surface area contributed by atoms with Gasteiger partial charge in [0.15, 0.2) is 6.10 Å². The van der Waals surface area contributed by atoms with Gasteiger partial charge in [0.1, 0.15) is 17.2 Å². The molecule has 2 amide bonds. The number of rotatable bonds is 6. The average molecular weight is 537 g/mol. The Kier molecular flexibility index (Phi) is 7.53. The van der Waals surface area contributed by atoms with Crippen molar-refractivity contribution in [3.05, 3.63) is 87.0 Å². The van der Waals surface area contributed by atoms with Gasteiger partial charge in [0, 0.05) is 9.13 Å². The molecule has 0 radical (unpaired) electrons. The molecular formula is C22H18ClIN2O4. The first-order valence-electron chi connectivity index (χ1n) is 8.97. The van der Waals surface area contributed by atoms with Gasteiger partial charge in [-0.25, -0.2) is 0 Å². The third-order valence-electron chi connectivity index (χ3n) is 3.96. The molecule has 1 unspecified atom stereocenters. The molecule has 0 aliphatic carbocycles. The molecule has 3 aromatic carbocycles. The summed E-state index contributed by atoms with van der Waals surface area (Å²) in [6, 6.07) is 20.9. The highest BCUT2D eigenvalue weighted by Crippen LogP contribution is 2.31. The molecule has 6 nitrogen and oxygen atoms in total. The molecule has 30 heavy (non-hydrogen) atoms. The van der Waals surface area contributed by atoms with Crippen LogP contribution in [0.4, 0.5) is 0 Å². The van der Waals surface area contributed by atoms with Gasteiger partial charge < -0.3 is 9.47 Å². The molecule has 8 heteroatoms. The minimum atomic E-state index is -0.821. The lowest BCUT2D eigenvalue weighted by atomic mass is 10.2. The number of hydrogen-bond donors (Lipinski definition) is 2. The Hall–Kier alpha value is -2.78. The summed E-state index contributed by atoms with van der Waals surface area (Å²) in [6.45, 7) is 1.58. The van der Waals surface area contributed by atoms with E-state index in [1.165, 1.54) is 0 Å². The van der Waals surface area contributed by atoms with Crippen LogP contribution in [0.15, 0.2) is 72.8 Å².